The SMILES string of the molecule is CN=C(NCCCOc1ccccc1C)NCC(c1cccs1)N1CCOCC1. The summed E-state index contributed by atoms with van der Waals surface area (Å²) in [6.07, 6.45) is 0.910. The van der Waals surface area contributed by atoms with E-state index < -0.39 is 0 Å². The molecule has 0 amide bonds. The average Bonchev–Trinajstić information content (AvgIpc) is 3.29. The number of benzene rings is 1. The summed E-state index contributed by atoms with van der Waals surface area (Å²) in [6.45, 7) is 7.91. The summed E-state index contributed by atoms with van der Waals surface area (Å²) in [5.41, 5.74) is 1.17. The van der Waals surface area contributed by atoms with Crippen LogP contribution in [0.25, 0.3) is 0 Å². The molecule has 1 fully saturated rings. The number of morpholine rings is 1. The van der Waals surface area contributed by atoms with Crippen LogP contribution in [0.3, 0.4) is 0 Å². The fourth-order valence-electron chi connectivity index (χ4n) is 3.37. The number of hydrogen-bond donors (Lipinski definition) is 2. The molecule has 2 heterocycles. The Morgan fingerprint density at radius 2 is 2.03 bits per heavy atom. The summed E-state index contributed by atoms with van der Waals surface area (Å²) < 4.78 is 11.4. The fourth-order valence-corrected chi connectivity index (χ4v) is 4.23. The molecule has 3 rings (SSSR count). The number of aliphatic imine (C=N–C) groups is 1. The van der Waals surface area contributed by atoms with Gasteiger partial charge in [0.2, 0.25) is 0 Å². The van der Waals surface area contributed by atoms with Crippen LogP contribution in [0.5, 0.6) is 5.75 Å². The molecular formula is C22H32N4O2S. The van der Waals surface area contributed by atoms with Crippen molar-refractivity contribution >= 4 is 17.3 Å². The van der Waals surface area contributed by atoms with E-state index >= 15 is 0 Å². The molecule has 2 aromatic rings. The van der Waals surface area contributed by atoms with Gasteiger partial charge in [0.25, 0.3) is 0 Å². The molecule has 158 valence electrons. The Balaban J connectivity index is 1.42. The topological polar surface area (TPSA) is 58.1 Å². The van der Waals surface area contributed by atoms with Gasteiger partial charge in [0.1, 0.15) is 5.75 Å². The van der Waals surface area contributed by atoms with Crippen molar-refractivity contribution in [1.82, 2.24) is 15.5 Å². The maximum Gasteiger partial charge on any atom is 0.191 e. The lowest BCUT2D eigenvalue weighted by molar-refractivity contribution is 0.0177. The third-order valence-electron chi connectivity index (χ3n) is 5.01. The highest BCUT2D eigenvalue weighted by Gasteiger charge is 2.23. The minimum absolute atomic E-state index is 0.335. The molecule has 0 radical (unpaired) electrons. The number of guanidine groups is 1. The van der Waals surface area contributed by atoms with Crippen molar-refractivity contribution in [2.75, 3.05) is 53.0 Å². The molecule has 1 unspecified atom stereocenters. The van der Waals surface area contributed by atoms with E-state index in [2.05, 4.69) is 51.0 Å². The Kier molecular flexibility index (Phi) is 8.80. The number of nitrogens with zero attached hydrogens (tertiary/aromatic N) is 2. The van der Waals surface area contributed by atoms with Crippen LogP contribution >= 0.6 is 11.3 Å². The van der Waals surface area contributed by atoms with Crippen LogP contribution in [0.15, 0.2) is 46.8 Å². The first-order valence-electron chi connectivity index (χ1n) is 10.3. The Morgan fingerprint density at radius 3 is 2.76 bits per heavy atom. The first-order valence-corrected chi connectivity index (χ1v) is 11.1. The number of hydrogen-bond acceptors (Lipinski definition) is 5. The second-order valence-corrected chi connectivity index (χ2v) is 8.01. The molecular weight excluding hydrogens is 384 g/mol. The van der Waals surface area contributed by atoms with Crippen LogP contribution in [-0.2, 0) is 4.74 Å². The molecule has 1 aromatic carbocycles. The monoisotopic (exact) mass is 416 g/mol. The molecule has 2 N–H and O–H groups in total. The van der Waals surface area contributed by atoms with E-state index in [1.165, 1.54) is 10.4 Å². The summed E-state index contributed by atoms with van der Waals surface area (Å²) in [5, 5.41) is 9.03. The second-order valence-electron chi connectivity index (χ2n) is 7.03. The van der Waals surface area contributed by atoms with Gasteiger partial charge in [-0.05, 0) is 36.4 Å². The molecule has 0 spiro atoms. The number of ether oxygens (including phenoxy) is 2. The first kappa shape index (κ1) is 21.6. The minimum Gasteiger partial charge on any atom is -0.493 e. The smallest absolute Gasteiger partial charge is 0.191 e. The Hall–Kier alpha value is -2.09. The van der Waals surface area contributed by atoms with Gasteiger partial charge >= 0.3 is 0 Å². The van der Waals surface area contributed by atoms with E-state index in [4.69, 9.17) is 9.47 Å². The molecule has 1 atom stereocenters. The maximum absolute atomic E-state index is 5.86. The highest BCUT2D eigenvalue weighted by molar-refractivity contribution is 7.10. The predicted molar refractivity (Wildman–Crippen MR) is 120 cm³/mol. The van der Waals surface area contributed by atoms with Gasteiger partial charge < -0.3 is 20.1 Å². The lowest BCUT2D eigenvalue weighted by Crippen LogP contribution is -2.46. The van der Waals surface area contributed by atoms with Gasteiger partial charge in [-0.15, -0.1) is 11.3 Å². The quantitative estimate of drug-likeness (QED) is 0.374. The highest BCUT2D eigenvalue weighted by Crippen LogP contribution is 2.25. The van der Waals surface area contributed by atoms with Crippen molar-refractivity contribution in [2.45, 2.75) is 19.4 Å². The molecule has 0 aliphatic carbocycles. The van der Waals surface area contributed by atoms with Crippen LogP contribution in [0.4, 0.5) is 0 Å². The van der Waals surface area contributed by atoms with Crippen LogP contribution in [0, 0.1) is 6.92 Å². The molecule has 6 nitrogen and oxygen atoms in total. The molecule has 0 bridgehead atoms. The summed E-state index contributed by atoms with van der Waals surface area (Å²) >= 11 is 1.81. The molecule has 0 saturated carbocycles. The number of para-hydroxylation sites is 1. The Labute approximate surface area is 177 Å². The van der Waals surface area contributed by atoms with Crippen LogP contribution in [-0.4, -0.2) is 63.9 Å². The van der Waals surface area contributed by atoms with Gasteiger partial charge in [-0.2, -0.15) is 0 Å². The lowest BCUT2D eigenvalue weighted by atomic mass is 10.2. The van der Waals surface area contributed by atoms with E-state index in [1.807, 2.05) is 36.6 Å². The Morgan fingerprint density at radius 1 is 1.21 bits per heavy atom. The second kappa shape index (κ2) is 11.8. The van der Waals surface area contributed by atoms with Crippen molar-refractivity contribution in [2.24, 2.45) is 4.99 Å². The molecule has 1 aliphatic heterocycles. The van der Waals surface area contributed by atoms with Crippen molar-refractivity contribution in [3.63, 3.8) is 0 Å². The zero-order valence-electron chi connectivity index (χ0n) is 17.4. The number of thiophene rings is 1. The predicted octanol–water partition coefficient (Wildman–Crippen LogP) is 3.06. The van der Waals surface area contributed by atoms with Crippen molar-refractivity contribution in [3.8, 4) is 5.75 Å². The van der Waals surface area contributed by atoms with Crippen LogP contribution in [0.2, 0.25) is 0 Å². The molecule has 1 aromatic heterocycles. The van der Waals surface area contributed by atoms with Crippen molar-refractivity contribution in [3.05, 3.63) is 52.2 Å². The molecule has 1 saturated heterocycles. The van der Waals surface area contributed by atoms with Crippen LogP contribution < -0.4 is 15.4 Å². The van der Waals surface area contributed by atoms with Gasteiger partial charge in [-0.25, -0.2) is 0 Å². The van der Waals surface area contributed by atoms with Gasteiger partial charge in [0.05, 0.1) is 25.9 Å². The summed E-state index contributed by atoms with van der Waals surface area (Å²) in [4.78, 5) is 8.24. The Bertz CT molecular complexity index is 745. The summed E-state index contributed by atoms with van der Waals surface area (Å²) in [5.74, 6) is 1.79. The molecule has 29 heavy (non-hydrogen) atoms. The van der Waals surface area contributed by atoms with E-state index in [0.717, 1.165) is 57.5 Å². The fraction of sp³-hybridized carbons (Fsp3) is 0.500. The van der Waals surface area contributed by atoms with Gasteiger partial charge in [-0.1, -0.05) is 24.3 Å². The number of nitrogens with one attached hydrogen (secondary N) is 2. The zero-order chi connectivity index (χ0) is 20.3. The van der Waals surface area contributed by atoms with Crippen LogP contribution in [0.1, 0.15) is 22.9 Å². The maximum atomic E-state index is 5.86. The first-order chi connectivity index (χ1) is 14.3. The van der Waals surface area contributed by atoms with Gasteiger partial charge in [0, 0.05) is 38.1 Å². The largest absolute Gasteiger partial charge is 0.493 e. The standard InChI is InChI=1S/C22H32N4O2S/c1-18-7-3-4-8-20(18)28-13-6-10-24-22(23-2)25-17-19(21-9-5-16-29-21)26-11-14-27-15-12-26/h3-5,7-9,16,19H,6,10-15,17H2,1-2H3,(H2,23,24,25). The van der Waals surface area contributed by atoms with Gasteiger partial charge in [0.15, 0.2) is 5.96 Å². The molecule has 1 aliphatic rings. The van der Waals surface area contributed by atoms with Crippen molar-refractivity contribution < 1.29 is 9.47 Å². The third-order valence-corrected chi connectivity index (χ3v) is 5.98. The summed E-state index contributed by atoms with van der Waals surface area (Å²) in [7, 11) is 1.81. The number of rotatable bonds is 9. The lowest BCUT2D eigenvalue weighted by Gasteiger charge is -2.34. The number of aryl methyl sites for hydroxylation is 1. The van der Waals surface area contributed by atoms with E-state index in [9.17, 15) is 0 Å². The molecule has 7 heteroatoms. The van der Waals surface area contributed by atoms with Gasteiger partial charge in [-0.3, -0.25) is 9.89 Å². The third kappa shape index (κ3) is 6.73. The van der Waals surface area contributed by atoms with E-state index in [0.29, 0.717) is 12.6 Å². The van der Waals surface area contributed by atoms with Crippen molar-refractivity contribution in [1.29, 1.82) is 0 Å². The summed E-state index contributed by atoms with van der Waals surface area (Å²) in [6, 6.07) is 12.8. The average molecular weight is 417 g/mol. The van der Waals surface area contributed by atoms with E-state index in [-0.39, 0.29) is 0 Å². The van der Waals surface area contributed by atoms with E-state index in [1.54, 1.807) is 0 Å². The zero-order valence-corrected chi connectivity index (χ0v) is 18.2. The minimum atomic E-state index is 0.335. The highest BCUT2D eigenvalue weighted by atomic mass is 32.1. The normalized spacial score (nSPS) is 16.4.